The Bertz CT molecular complexity index is 838. The maximum absolute atomic E-state index is 12.2. The van der Waals surface area contributed by atoms with Crippen molar-refractivity contribution >= 4 is 23.3 Å². The highest BCUT2D eigenvalue weighted by atomic mass is 16.6. The number of hydrogen-bond acceptors (Lipinski definition) is 6. The van der Waals surface area contributed by atoms with E-state index in [1.54, 1.807) is 0 Å². The Labute approximate surface area is 156 Å². The quantitative estimate of drug-likeness (QED) is 0.334. The van der Waals surface area contributed by atoms with Crippen molar-refractivity contribution in [3.05, 3.63) is 69.8 Å². The smallest absolute Gasteiger partial charge is 0.339 e. The van der Waals surface area contributed by atoms with Crippen LogP contribution >= 0.6 is 0 Å². The van der Waals surface area contributed by atoms with Crippen LogP contribution in [0, 0.1) is 10.1 Å². The number of nitrogens with two attached hydrogens (primary N) is 1. The molecule has 2 aromatic rings. The van der Waals surface area contributed by atoms with Crippen LogP contribution < -0.4 is 11.1 Å². The zero-order valence-electron chi connectivity index (χ0n) is 15.0. The minimum atomic E-state index is -1.04. The van der Waals surface area contributed by atoms with Crippen LogP contribution in [0.4, 0.5) is 11.4 Å². The van der Waals surface area contributed by atoms with Crippen molar-refractivity contribution in [2.45, 2.75) is 25.9 Å². The van der Waals surface area contributed by atoms with E-state index in [1.807, 2.05) is 37.3 Å². The summed E-state index contributed by atoms with van der Waals surface area (Å²) < 4.78 is 5.10. The number of nitro benzene ring substituents is 1. The molecule has 27 heavy (non-hydrogen) atoms. The molecule has 0 bridgehead atoms. The minimum absolute atomic E-state index is 0.0480. The molecule has 0 fully saturated rings. The molecule has 0 saturated heterocycles. The average molecular weight is 371 g/mol. The third kappa shape index (κ3) is 5.27. The fourth-order valence-electron chi connectivity index (χ4n) is 2.41. The van der Waals surface area contributed by atoms with E-state index in [1.165, 1.54) is 19.1 Å². The van der Waals surface area contributed by atoms with Gasteiger partial charge in [-0.15, -0.1) is 0 Å². The fraction of sp³-hybridized carbons (Fsp3) is 0.263. The number of carbonyl (C=O) groups excluding carboxylic acids is 2. The number of nitro groups is 1. The Kier molecular flexibility index (Phi) is 6.48. The number of nitrogens with one attached hydrogen (secondary N) is 1. The van der Waals surface area contributed by atoms with Gasteiger partial charge >= 0.3 is 5.97 Å². The standard InChI is InChI=1S/C19H21N3O5/c1-12(14-6-4-3-5-7-14)11-21-18(23)13(2)27-19(24)15-8-9-16(20)17(10-15)22(25)26/h3-10,12-13H,11,20H2,1-2H3,(H,21,23)/t12-,13-/m1/s1. The molecule has 2 rings (SSSR count). The predicted octanol–water partition coefficient (Wildman–Crippen LogP) is 2.64. The van der Waals surface area contributed by atoms with E-state index in [-0.39, 0.29) is 17.2 Å². The normalized spacial score (nSPS) is 12.7. The second kappa shape index (κ2) is 8.79. The van der Waals surface area contributed by atoms with Crippen LogP contribution in [0.15, 0.2) is 48.5 Å². The van der Waals surface area contributed by atoms with Crippen molar-refractivity contribution in [1.29, 1.82) is 0 Å². The van der Waals surface area contributed by atoms with Gasteiger partial charge in [-0.2, -0.15) is 0 Å². The van der Waals surface area contributed by atoms with Crippen LogP contribution in [0.3, 0.4) is 0 Å². The Morgan fingerprint density at radius 3 is 2.48 bits per heavy atom. The lowest BCUT2D eigenvalue weighted by molar-refractivity contribution is -0.383. The molecule has 0 spiro atoms. The number of esters is 1. The molecule has 2 atom stereocenters. The van der Waals surface area contributed by atoms with Crippen molar-refractivity contribution in [2.24, 2.45) is 0 Å². The van der Waals surface area contributed by atoms with Gasteiger partial charge in [-0.3, -0.25) is 14.9 Å². The molecular weight excluding hydrogens is 350 g/mol. The molecule has 142 valence electrons. The van der Waals surface area contributed by atoms with Gasteiger partial charge in [0.2, 0.25) is 0 Å². The predicted molar refractivity (Wildman–Crippen MR) is 100 cm³/mol. The van der Waals surface area contributed by atoms with Crippen LogP contribution in [0.25, 0.3) is 0 Å². The zero-order valence-corrected chi connectivity index (χ0v) is 15.0. The number of amides is 1. The lowest BCUT2D eigenvalue weighted by atomic mass is 10.0. The van der Waals surface area contributed by atoms with Gasteiger partial charge in [0, 0.05) is 12.6 Å². The molecule has 0 radical (unpaired) electrons. The van der Waals surface area contributed by atoms with E-state index >= 15 is 0 Å². The van der Waals surface area contributed by atoms with Gasteiger partial charge in [-0.1, -0.05) is 37.3 Å². The Morgan fingerprint density at radius 2 is 1.85 bits per heavy atom. The Hall–Kier alpha value is -3.42. The van der Waals surface area contributed by atoms with Crippen LogP contribution in [-0.4, -0.2) is 29.4 Å². The average Bonchev–Trinajstić information content (AvgIpc) is 2.66. The van der Waals surface area contributed by atoms with E-state index in [9.17, 15) is 19.7 Å². The fourth-order valence-corrected chi connectivity index (χ4v) is 2.41. The van der Waals surface area contributed by atoms with E-state index in [4.69, 9.17) is 10.5 Å². The summed E-state index contributed by atoms with van der Waals surface area (Å²) in [7, 11) is 0. The summed E-state index contributed by atoms with van der Waals surface area (Å²) in [4.78, 5) is 34.5. The number of nitrogens with zero attached hydrogens (tertiary/aromatic N) is 1. The first-order chi connectivity index (χ1) is 12.8. The van der Waals surface area contributed by atoms with Crippen molar-refractivity contribution < 1.29 is 19.2 Å². The van der Waals surface area contributed by atoms with Crippen LogP contribution in [0.5, 0.6) is 0 Å². The number of carbonyl (C=O) groups is 2. The molecule has 0 saturated carbocycles. The molecule has 0 aromatic heterocycles. The molecule has 1 amide bonds. The van der Waals surface area contributed by atoms with Gasteiger partial charge in [0.15, 0.2) is 6.10 Å². The van der Waals surface area contributed by atoms with Gasteiger partial charge < -0.3 is 15.8 Å². The molecule has 0 aliphatic heterocycles. The first-order valence-electron chi connectivity index (χ1n) is 8.37. The molecular formula is C19H21N3O5. The number of nitrogen functional groups attached to an aromatic ring is 1. The summed E-state index contributed by atoms with van der Waals surface area (Å²) in [6.45, 7) is 3.80. The number of benzene rings is 2. The number of rotatable bonds is 7. The van der Waals surface area contributed by atoms with E-state index < -0.39 is 28.6 Å². The second-order valence-corrected chi connectivity index (χ2v) is 6.14. The topological polar surface area (TPSA) is 125 Å². The van der Waals surface area contributed by atoms with Crippen LogP contribution in [-0.2, 0) is 9.53 Å². The van der Waals surface area contributed by atoms with Crippen molar-refractivity contribution in [3.8, 4) is 0 Å². The van der Waals surface area contributed by atoms with E-state index in [0.717, 1.165) is 11.6 Å². The first-order valence-corrected chi connectivity index (χ1v) is 8.37. The van der Waals surface area contributed by atoms with Gasteiger partial charge in [0.25, 0.3) is 11.6 Å². The SMILES string of the molecule is C[C@H](CNC(=O)[C@@H](C)OC(=O)c1ccc(N)c([N+](=O)[O-])c1)c1ccccc1. The van der Waals surface area contributed by atoms with Crippen LogP contribution in [0.2, 0.25) is 0 Å². The third-order valence-corrected chi connectivity index (χ3v) is 4.07. The molecule has 8 nitrogen and oxygen atoms in total. The molecule has 3 N–H and O–H groups in total. The summed E-state index contributed by atoms with van der Waals surface area (Å²) >= 11 is 0. The summed E-state index contributed by atoms with van der Waals surface area (Å²) in [6.07, 6.45) is -1.04. The lowest BCUT2D eigenvalue weighted by Gasteiger charge is -2.16. The molecule has 0 unspecified atom stereocenters. The first kappa shape index (κ1) is 19.9. The monoisotopic (exact) mass is 371 g/mol. The van der Waals surface area contributed by atoms with Gasteiger partial charge in [-0.25, -0.2) is 4.79 Å². The second-order valence-electron chi connectivity index (χ2n) is 6.14. The molecule has 2 aromatic carbocycles. The summed E-state index contributed by atoms with van der Waals surface area (Å²) in [6, 6.07) is 13.3. The third-order valence-electron chi connectivity index (χ3n) is 4.07. The summed E-state index contributed by atoms with van der Waals surface area (Å²) in [5.41, 5.74) is 6.08. The van der Waals surface area contributed by atoms with Crippen molar-refractivity contribution in [3.63, 3.8) is 0 Å². The van der Waals surface area contributed by atoms with E-state index in [2.05, 4.69) is 5.32 Å². The largest absolute Gasteiger partial charge is 0.449 e. The highest BCUT2D eigenvalue weighted by Crippen LogP contribution is 2.23. The Balaban J connectivity index is 1.93. The minimum Gasteiger partial charge on any atom is -0.449 e. The Morgan fingerprint density at radius 1 is 1.19 bits per heavy atom. The zero-order chi connectivity index (χ0) is 20.0. The highest BCUT2D eigenvalue weighted by molar-refractivity contribution is 5.93. The summed E-state index contributed by atoms with van der Waals surface area (Å²) in [5, 5.41) is 13.6. The van der Waals surface area contributed by atoms with Crippen LogP contribution in [0.1, 0.15) is 35.7 Å². The molecule has 8 heteroatoms. The number of hydrogen-bond donors (Lipinski definition) is 2. The van der Waals surface area contributed by atoms with E-state index in [0.29, 0.717) is 6.54 Å². The number of anilines is 1. The highest BCUT2D eigenvalue weighted by Gasteiger charge is 2.22. The van der Waals surface area contributed by atoms with Gasteiger partial charge in [-0.05, 0) is 30.5 Å². The number of ether oxygens (including phenoxy) is 1. The van der Waals surface area contributed by atoms with Crippen molar-refractivity contribution in [1.82, 2.24) is 5.32 Å². The molecule has 0 aliphatic carbocycles. The van der Waals surface area contributed by atoms with Gasteiger partial charge in [0.1, 0.15) is 5.69 Å². The van der Waals surface area contributed by atoms with Gasteiger partial charge in [0.05, 0.1) is 10.5 Å². The summed E-state index contributed by atoms with van der Waals surface area (Å²) in [5.74, 6) is -1.19. The molecule has 0 aliphatic rings. The van der Waals surface area contributed by atoms with Crippen molar-refractivity contribution in [2.75, 3.05) is 12.3 Å². The molecule has 0 heterocycles. The maximum Gasteiger partial charge on any atom is 0.339 e. The maximum atomic E-state index is 12.2. The lowest BCUT2D eigenvalue weighted by Crippen LogP contribution is -2.37.